The van der Waals surface area contributed by atoms with Crippen LogP contribution in [0.1, 0.15) is 11.1 Å². The molecular weight excluding hydrogens is 350 g/mol. The molecule has 0 radical (unpaired) electrons. The maximum atomic E-state index is 12.7. The van der Waals surface area contributed by atoms with Gasteiger partial charge in [-0.3, -0.25) is 25.0 Å². The molecule has 27 heavy (non-hydrogen) atoms. The second-order valence-corrected chi connectivity index (χ2v) is 5.97. The molecule has 0 aliphatic carbocycles. The van der Waals surface area contributed by atoms with Crippen molar-refractivity contribution in [1.82, 2.24) is 5.32 Å². The number of Topliss-reactive ketones (excluding diaryl/α,β-unsaturated/α-hetero) is 1. The summed E-state index contributed by atoms with van der Waals surface area (Å²) in [5, 5.41) is 24.6. The second kappa shape index (κ2) is 7.71. The van der Waals surface area contributed by atoms with E-state index < -0.39 is 9.85 Å². The Kier molecular flexibility index (Phi) is 5.18. The van der Waals surface area contributed by atoms with E-state index in [9.17, 15) is 25.0 Å². The van der Waals surface area contributed by atoms with Crippen LogP contribution in [-0.2, 0) is 4.79 Å². The normalized spacial score (nSPS) is 17.3. The van der Waals surface area contributed by atoms with Gasteiger partial charge in [0.1, 0.15) is 0 Å². The lowest BCUT2D eigenvalue weighted by Gasteiger charge is -2.18. The molecule has 0 unspecified atom stereocenters. The molecule has 0 saturated carbocycles. The Labute approximate surface area is 154 Å². The quantitative estimate of drug-likeness (QED) is 0.505. The van der Waals surface area contributed by atoms with Crippen LogP contribution in [0.15, 0.2) is 59.7 Å². The lowest BCUT2D eigenvalue weighted by Crippen LogP contribution is -2.32. The number of hydrogen-bond acceptors (Lipinski definition) is 6. The monoisotopic (exact) mass is 365 g/mol. The molecule has 0 atom stereocenters. The van der Waals surface area contributed by atoms with Gasteiger partial charge in [0.2, 0.25) is 0 Å². The van der Waals surface area contributed by atoms with E-state index in [0.717, 1.165) is 0 Å². The van der Waals surface area contributed by atoms with Gasteiger partial charge in [0.15, 0.2) is 5.78 Å². The second-order valence-electron chi connectivity index (χ2n) is 5.97. The van der Waals surface area contributed by atoms with E-state index >= 15 is 0 Å². The van der Waals surface area contributed by atoms with Gasteiger partial charge < -0.3 is 5.32 Å². The number of hydrogen-bond donors (Lipinski definition) is 1. The first kappa shape index (κ1) is 18.2. The number of piperidine rings is 1. The van der Waals surface area contributed by atoms with Crippen LogP contribution < -0.4 is 5.32 Å². The number of carbonyl (C=O) groups is 1. The minimum Gasteiger partial charge on any atom is -0.308 e. The molecule has 0 aromatic heterocycles. The molecule has 136 valence electrons. The van der Waals surface area contributed by atoms with E-state index in [1.54, 1.807) is 36.4 Å². The Morgan fingerprint density at radius 2 is 1.11 bits per heavy atom. The SMILES string of the molecule is O=C1/C(=C\c2ccc([N+](=O)[O-])cc2)CNC/C1=C\c1ccc([N+](=O)[O-])cc1. The average molecular weight is 365 g/mol. The molecule has 1 saturated heterocycles. The summed E-state index contributed by atoms with van der Waals surface area (Å²) in [6.45, 7) is 0.793. The van der Waals surface area contributed by atoms with Crippen molar-refractivity contribution in [2.45, 2.75) is 0 Å². The lowest BCUT2D eigenvalue weighted by molar-refractivity contribution is -0.385. The number of benzene rings is 2. The van der Waals surface area contributed by atoms with Crippen molar-refractivity contribution in [2.75, 3.05) is 13.1 Å². The topological polar surface area (TPSA) is 115 Å². The summed E-state index contributed by atoms with van der Waals surface area (Å²) < 4.78 is 0. The van der Waals surface area contributed by atoms with E-state index in [4.69, 9.17) is 0 Å². The van der Waals surface area contributed by atoms with Gasteiger partial charge >= 0.3 is 0 Å². The predicted molar refractivity (Wildman–Crippen MR) is 100 cm³/mol. The molecule has 2 aromatic carbocycles. The van der Waals surface area contributed by atoms with E-state index in [1.807, 2.05) is 0 Å². The maximum absolute atomic E-state index is 12.7. The summed E-state index contributed by atoms with van der Waals surface area (Å²) in [4.78, 5) is 33.2. The lowest BCUT2D eigenvalue weighted by atomic mass is 9.95. The fraction of sp³-hybridized carbons (Fsp3) is 0.105. The standard InChI is InChI=1S/C19H15N3O5/c23-19-15(9-13-1-5-17(6-2-13)21(24)25)11-20-12-16(19)10-14-3-7-18(8-4-14)22(26)27/h1-10,20H,11-12H2/b15-9-,16-10+. The van der Waals surface area contributed by atoms with E-state index in [0.29, 0.717) is 35.4 Å². The zero-order valence-electron chi connectivity index (χ0n) is 14.1. The molecule has 1 N–H and O–H groups in total. The highest BCUT2D eigenvalue weighted by atomic mass is 16.6. The third kappa shape index (κ3) is 4.31. The van der Waals surface area contributed by atoms with E-state index in [1.165, 1.54) is 24.3 Å². The molecule has 1 heterocycles. The fourth-order valence-electron chi connectivity index (χ4n) is 2.72. The highest BCUT2D eigenvalue weighted by Crippen LogP contribution is 2.20. The molecule has 3 rings (SSSR count). The Hall–Kier alpha value is -3.65. The van der Waals surface area contributed by atoms with Crippen molar-refractivity contribution in [1.29, 1.82) is 0 Å². The summed E-state index contributed by atoms with van der Waals surface area (Å²) >= 11 is 0. The van der Waals surface area contributed by atoms with Crippen LogP contribution in [0.3, 0.4) is 0 Å². The molecule has 0 spiro atoms. The summed E-state index contributed by atoms with van der Waals surface area (Å²) in [6, 6.07) is 11.9. The third-order valence-electron chi connectivity index (χ3n) is 4.10. The molecule has 2 aromatic rings. The smallest absolute Gasteiger partial charge is 0.269 e. The van der Waals surface area contributed by atoms with E-state index in [-0.39, 0.29) is 17.2 Å². The first-order valence-electron chi connectivity index (χ1n) is 8.09. The van der Waals surface area contributed by atoms with Crippen molar-refractivity contribution < 1.29 is 14.6 Å². The number of non-ortho nitro benzene ring substituents is 2. The van der Waals surface area contributed by atoms with Crippen molar-refractivity contribution >= 4 is 29.3 Å². The molecule has 8 nitrogen and oxygen atoms in total. The molecule has 1 aliphatic rings. The first-order chi connectivity index (χ1) is 12.9. The van der Waals surface area contributed by atoms with Crippen molar-refractivity contribution in [3.63, 3.8) is 0 Å². The highest BCUT2D eigenvalue weighted by molar-refractivity contribution is 6.14. The molecule has 0 bridgehead atoms. The number of nitrogens with one attached hydrogen (secondary N) is 1. The number of nitro groups is 2. The minimum atomic E-state index is -0.477. The summed E-state index contributed by atoms with van der Waals surface area (Å²) in [7, 11) is 0. The Morgan fingerprint density at radius 1 is 0.741 bits per heavy atom. The van der Waals surface area contributed by atoms with E-state index in [2.05, 4.69) is 5.32 Å². The average Bonchev–Trinajstić information content (AvgIpc) is 2.66. The minimum absolute atomic E-state index is 0.0102. The zero-order chi connectivity index (χ0) is 19.4. The highest BCUT2D eigenvalue weighted by Gasteiger charge is 2.20. The van der Waals surface area contributed by atoms with Crippen molar-refractivity contribution in [3.05, 3.63) is 91.0 Å². The van der Waals surface area contributed by atoms with Crippen LogP contribution >= 0.6 is 0 Å². The van der Waals surface area contributed by atoms with Crippen LogP contribution in [0.2, 0.25) is 0 Å². The number of ketones is 1. The molecule has 0 amide bonds. The molecule has 8 heteroatoms. The molecular formula is C19H15N3O5. The Bertz CT molecular complexity index is 882. The summed E-state index contributed by atoms with van der Waals surface area (Å²) in [5.41, 5.74) is 2.46. The van der Waals surface area contributed by atoms with Gasteiger partial charge in [0.05, 0.1) is 9.85 Å². The third-order valence-corrected chi connectivity index (χ3v) is 4.10. The summed E-state index contributed by atoms with van der Waals surface area (Å²) in [5.74, 6) is -0.120. The Balaban J connectivity index is 1.82. The van der Waals surface area contributed by atoms with Gasteiger partial charge in [-0.25, -0.2) is 0 Å². The van der Waals surface area contributed by atoms with Gasteiger partial charge in [-0.1, -0.05) is 0 Å². The van der Waals surface area contributed by atoms with Gasteiger partial charge in [0.25, 0.3) is 11.4 Å². The zero-order valence-corrected chi connectivity index (χ0v) is 14.1. The fourth-order valence-corrected chi connectivity index (χ4v) is 2.72. The maximum Gasteiger partial charge on any atom is 0.269 e. The number of nitrogens with zero attached hydrogens (tertiary/aromatic N) is 2. The number of rotatable bonds is 4. The van der Waals surface area contributed by atoms with Crippen LogP contribution in [0.4, 0.5) is 11.4 Å². The number of carbonyl (C=O) groups excluding carboxylic acids is 1. The molecule has 1 fully saturated rings. The van der Waals surface area contributed by atoms with Gasteiger partial charge in [-0.05, 0) is 47.5 Å². The number of nitro benzene ring substituents is 2. The van der Waals surface area contributed by atoms with Gasteiger partial charge in [0, 0.05) is 48.5 Å². The van der Waals surface area contributed by atoms with Crippen molar-refractivity contribution in [2.24, 2.45) is 0 Å². The molecule has 1 aliphatic heterocycles. The van der Waals surface area contributed by atoms with Crippen LogP contribution in [0.25, 0.3) is 12.2 Å². The van der Waals surface area contributed by atoms with Crippen LogP contribution in [0.5, 0.6) is 0 Å². The first-order valence-corrected chi connectivity index (χ1v) is 8.09. The largest absolute Gasteiger partial charge is 0.308 e. The van der Waals surface area contributed by atoms with Gasteiger partial charge in [-0.2, -0.15) is 0 Å². The van der Waals surface area contributed by atoms with Crippen molar-refractivity contribution in [3.8, 4) is 0 Å². The summed E-state index contributed by atoms with van der Waals surface area (Å²) in [6.07, 6.45) is 3.39. The Morgan fingerprint density at radius 3 is 1.44 bits per heavy atom. The van der Waals surface area contributed by atoms with Crippen LogP contribution in [-0.4, -0.2) is 28.7 Å². The predicted octanol–water partition coefficient (Wildman–Crippen LogP) is 3.14. The van der Waals surface area contributed by atoms with Crippen LogP contribution in [0, 0.1) is 20.2 Å². The van der Waals surface area contributed by atoms with Gasteiger partial charge in [-0.15, -0.1) is 0 Å².